The average molecular weight is 324 g/mol. The van der Waals surface area contributed by atoms with Gasteiger partial charge in [0.05, 0.1) is 0 Å². The normalized spacial score (nSPS) is 10.2. The van der Waals surface area contributed by atoms with Crippen molar-refractivity contribution in [2.45, 2.75) is 19.8 Å². The molecule has 0 unspecified atom stereocenters. The monoisotopic (exact) mass is 323 g/mol. The van der Waals surface area contributed by atoms with Gasteiger partial charge in [-0.2, -0.15) is 0 Å². The molecule has 0 aliphatic rings. The highest BCUT2D eigenvalue weighted by atomic mass is 35.5. The van der Waals surface area contributed by atoms with Crippen LogP contribution in [-0.4, -0.2) is 16.8 Å². The largest absolute Gasteiger partial charge is 0.326 e. The van der Waals surface area contributed by atoms with Crippen molar-refractivity contribution in [1.29, 1.82) is 0 Å². The molecule has 0 saturated heterocycles. The molecular formula is C14H14ClN3O2S. The van der Waals surface area contributed by atoms with E-state index >= 15 is 0 Å². The maximum absolute atomic E-state index is 11.8. The first-order valence-corrected chi connectivity index (χ1v) is 7.56. The second-order valence-corrected chi connectivity index (χ2v) is 5.65. The van der Waals surface area contributed by atoms with Crippen LogP contribution in [0.2, 0.25) is 5.02 Å². The van der Waals surface area contributed by atoms with Crippen molar-refractivity contribution in [3.63, 3.8) is 0 Å². The second kappa shape index (κ2) is 7.19. The minimum absolute atomic E-state index is 0.100. The van der Waals surface area contributed by atoms with Gasteiger partial charge in [0.25, 0.3) is 0 Å². The van der Waals surface area contributed by atoms with Gasteiger partial charge in [0, 0.05) is 35.1 Å². The zero-order valence-corrected chi connectivity index (χ0v) is 12.9. The molecule has 2 N–H and O–H groups in total. The molecule has 1 aromatic carbocycles. The SMILES string of the molecule is Cc1c(Cl)cccc1NC(=O)CCC(=O)Nc1nccs1. The van der Waals surface area contributed by atoms with E-state index in [1.807, 2.05) is 6.92 Å². The predicted molar refractivity (Wildman–Crippen MR) is 84.8 cm³/mol. The molecule has 0 bridgehead atoms. The van der Waals surface area contributed by atoms with Crippen LogP contribution >= 0.6 is 22.9 Å². The van der Waals surface area contributed by atoms with Crippen molar-refractivity contribution >= 4 is 45.6 Å². The average Bonchev–Trinajstić information content (AvgIpc) is 2.94. The van der Waals surface area contributed by atoms with Crippen molar-refractivity contribution in [3.8, 4) is 0 Å². The van der Waals surface area contributed by atoms with E-state index in [0.717, 1.165) is 5.56 Å². The Bertz CT molecular complexity index is 644. The van der Waals surface area contributed by atoms with E-state index in [9.17, 15) is 9.59 Å². The number of aromatic nitrogens is 1. The molecule has 110 valence electrons. The molecule has 2 amide bonds. The molecule has 0 saturated carbocycles. The number of thiazole rings is 1. The number of hydrogen-bond donors (Lipinski definition) is 2. The van der Waals surface area contributed by atoms with Crippen molar-refractivity contribution in [2.75, 3.05) is 10.6 Å². The summed E-state index contributed by atoms with van der Waals surface area (Å²) in [6.07, 6.45) is 1.81. The van der Waals surface area contributed by atoms with Crippen molar-refractivity contribution in [1.82, 2.24) is 4.98 Å². The lowest BCUT2D eigenvalue weighted by atomic mass is 10.2. The standard InChI is InChI=1S/C14H14ClN3O2S/c1-9-10(15)3-2-4-11(9)17-12(19)5-6-13(20)18-14-16-7-8-21-14/h2-4,7-8H,5-6H2,1H3,(H,17,19)(H,16,18,20). The summed E-state index contributed by atoms with van der Waals surface area (Å²) in [6, 6.07) is 5.29. The van der Waals surface area contributed by atoms with Crippen molar-refractivity contribution < 1.29 is 9.59 Å². The summed E-state index contributed by atoms with van der Waals surface area (Å²) < 4.78 is 0. The highest BCUT2D eigenvalue weighted by Crippen LogP contribution is 2.23. The summed E-state index contributed by atoms with van der Waals surface area (Å²) in [5.74, 6) is -0.461. The van der Waals surface area contributed by atoms with Gasteiger partial charge in [-0.1, -0.05) is 17.7 Å². The number of halogens is 1. The van der Waals surface area contributed by atoms with E-state index in [1.54, 1.807) is 29.8 Å². The number of nitrogens with one attached hydrogen (secondary N) is 2. The van der Waals surface area contributed by atoms with Crippen LogP contribution in [0.3, 0.4) is 0 Å². The molecular weight excluding hydrogens is 310 g/mol. The van der Waals surface area contributed by atoms with Gasteiger partial charge in [-0.25, -0.2) is 4.98 Å². The maximum Gasteiger partial charge on any atom is 0.226 e. The van der Waals surface area contributed by atoms with Gasteiger partial charge in [-0.05, 0) is 24.6 Å². The first-order valence-electron chi connectivity index (χ1n) is 6.30. The lowest BCUT2D eigenvalue weighted by Gasteiger charge is -2.09. The fourth-order valence-electron chi connectivity index (χ4n) is 1.65. The van der Waals surface area contributed by atoms with Crippen LogP contribution in [-0.2, 0) is 9.59 Å². The Labute approximate surface area is 131 Å². The number of nitrogens with zero attached hydrogens (tertiary/aromatic N) is 1. The minimum atomic E-state index is -0.233. The van der Waals surface area contributed by atoms with Gasteiger partial charge >= 0.3 is 0 Å². The quantitative estimate of drug-likeness (QED) is 0.885. The highest BCUT2D eigenvalue weighted by molar-refractivity contribution is 7.13. The Morgan fingerprint density at radius 1 is 1.24 bits per heavy atom. The Hall–Kier alpha value is -1.92. The number of anilines is 2. The molecule has 1 aromatic heterocycles. The van der Waals surface area contributed by atoms with Crippen molar-refractivity contribution in [3.05, 3.63) is 40.4 Å². The van der Waals surface area contributed by atoms with E-state index < -0.39 is 0 Å². The third-order valence-corrected chi connectivity index (χ3v) is 3.90. The van der Waals surface area contributed by atoms with E-state index in [1.165, 1.54) is 11.3 Å². The fourth-order valence-corrected chi connectivity index (χ4v) is 2.37. The van der Waals surface area contributed by atoms with E-state index in [4.69, 9.17) is 11.6 Å². The van der Waals surface area contributed by atoms with Gasteiger partial charge in [0.15, 0.2) is 5.13 Å². The van der Waals surface area contributed by atoms with Crippen LogP contribution in [0.1, 0.15) is 18.4 Å². The Morgan fingerprint density at radius 2 is 1.95 bits per heavy atom. The first kappa shape index (κ1) is 15.5. The molecule has 0 atom stereocenters. The van der Waals surface area contributed by atoms with E-state index in [0.29, 0.717) is 15.8 Å². The Balaban J connectivity index is 1.82. The maximum atomic E-state index is 11.8. The highest BCUT2D eigenvalue weighted by Gasteiger charge is 2.10. The van der Waals surface area contributed by atoms with E-state index in [2.05, 4.69) is 15.6 Å². The van der Waals surface area contributed by atoms with Crippen molar-refractivity contribution in [2.24, 2.45) is 0 Å². The number of amides is 2. The van der Waals surface area contributed by atoms with Gasteiger partial charge in [-0.3, -0.25) is 9.59 Å². The number of carbonyl (C=O) groups is 2. The van der Waals surface area contributed by atoms with Crippen LogP contribution in [0.5, 0.6) is 0 Å². The van der Waals surface area contributed by atoms with Crippen LogP contribution in [0.15, 0.2) is 29.8 Å². The molecule has 2 rings (SSSR count). The zero-order chi connectivity index (χ0) is 15.2. The van der Waals surface area contributed by atoms with Gasteiger partial charge < -0.3 is 10.6 Å². The van der Waals surface area contributed by atoms with Gasteiger partial charge in [-0.15, -0.1) is 11.3 Å². The Morgan fingerprint density at radius 3 is 2.62 bits per heavy atom. The summed E-state index contributed by atoms with van der Waals surface area (Å²) in [6.45, 7) is 1.83. The predicted octanol–water partition coefficient (Wildman–Crippen LogP) is 3.46. The number of hydrogen-bond acceptors (Lipinski definition) is 4. The molecule has 21 heavy (non-hydrogen) atoms. The molecule has 5 nitrogen and oxygen atoms in total. The molecule has 0 aliphatic heterocycles. The summed E-state index contributed by atoms with van der Waals surface area (Å²) in [5, 5.41) is 8.27. The lowest BCUT2D eigenvalue weighted by molar-refractivity contribution is -0.121. The third kappa shape index (κ3) is 4.54. The second-order valence-electron chi connectivity index (χ2n) is 4.35. The zero-order valence-electron chi connectivity index (χ0n) is 11.4. The molecule has 0 fully saturated rings. The fraction of sp³-hybridized carbons (Fsp3) is 0.214. The molecule has 0 aliphatic carbocycles. The molecule has 0 spiro atoms. The molecule has 0 radical (unpaired) electrons. The van der Waals surface area contributed by atoms with Crippen LogP contribution in [0.4, 0.5) is 10.8 Å². The third-order valence-electron chi connectivity index (χ3n) is 2.80. The lowest BCUT2D eigenvalue weighted by Crippen LogP contribution is -2.17. The minimum Gasteiger partial charge on any atom is -0.326 e. The van der Waals surface area contributed by atoms with Gasteiger partial charge in [0.1, 0.15) is 0 Å². The Kier molecular flexibility index (Phi) is 5.30. The summed E-state index contributed by atoms with van der Waals surface area (Å²) in [7, 11) is 0. The number of benzene rings is 1. The number of rotatable bonds is 5. The molecule has 7 heteroatoms. The van der Waals surface area contributed by atoms with Crippen LogP contribution in [0.25, 0.3) is 0 Å². The number of carbonyl (C=O) groups excluding carboxylic acids is 2. The smallest absolute Gasteiger partial charge is 0.226 e. The first-order chi connectivity index (χ1) is 10.1. The van der Waals surface area contributed by atoms with Gasteiger partial charge in [0.2, 0.25) is 11.8 Å². The van der Waals surface area contributed by atoms with E-state index in [-0.39, 0.29) is 24.7 Å². The topological polar surface area (TPSA) is 71.1 Å². The summed E-state index contributed by atoms with van der Waals surface area (Å²) >= 11 is 7.32. The summed E-state index contributed by atoms with van der Waals surface area (Å²) in [5.41, 5.74) is 1.47. The molecule has 2 aromatic rings. The summed E-state index contributed by atoms with van der Waals surface area (Å²) in [4.78, 5) is 27.4. The van der Waals surface area contributed by atoms with Crippen LogP contribution < -0.4 is 10.6 Å². The molecule has 1 heterocycles. The van der Waals surface area contributed by atoms with Crippen LogP contribution in [0, 0.1) is 6.92 Å².